The normalized spacial score (nSPS) is 10.1. The number of hydrogen-bond donors (Lipinski definition) is 1. The van der Waals surface area contributed by atoms with Crippen LogP contribution in [0.15, 0.2) is 36.4 Å². The molecular weight excluding hydrogens is 318 g/mol. The lowest BCUT2D eigenvalue weighted by Gasteiger charge is -2.09. The topological polar surface area (TPSA) is 95.7 Å². The number of primary amides is 1. The predicted molar refractivity (Wildman–Crippen MR) is 84.8 cm³/mol. The number of carbonyl (C=O) groups is 3. The Hall–Kier alpha value is -2.67. The molecule has 1 aromatic heterocycles. The molecule has 0 saturated heterocycles. The van der Waals surface area contributed by atoms with E-state index >= 15 is 0 Å². The van der Waals surface area contributed by atoms with Gasteiger partial charge in [0.05, 0.1) is 10.4 Å². The number of para-hydroxylation sites is 1. The summed E-state index contributed by atoms with van der Waals surface area (Å²) in [6, 6.07) is 9.81. The molecule has 0 aliphatic carbocycles. The van der Waals surface area contributed by atoms with Crippen molar-refractivity contribution in [3.8, 4) is 5.75 Å². The van der Waals surface area contributed by atoms with Crippen molar-refractivity contribution in [1.29, 1.82) is 0 Å². The number of ketones is 1. The van der Waals surface area contributed by atoms with Crippen LogP contribution in [0.1, 0.15) is 24.9 Å². The van der Waals surface area contributed by atoms with Gasteiger partial charge in [-0.25, -0.2) is 4.79 Å². The number of amides is 1. The highest BCUT2D eigenvalue weighted by molar-refractivity contribution is 7.14. The highest BCUT2D eigenvalue weighted by atomic mass is 32.1. The molecule has 2 aromatic rings. The molecule has 1 aromatic carbocycles. The van der Waals surface area contributed by atoms with E-state index in [4.69, 9.17) is 15.2 Å². The fourth-order valence-electron chi connectivity index (χ4n) is 1.78. The van der Waals surface area contributed by atoms with Crippen molar-refractivity contribution in [2.24, 2.45) is 5.73 Å². The standard InChI is InChI=1S/C16H15NO5S/c1-10-6-7-14(23-10)12(18)8-22-15(19)9-21-13-5-3-2-4-11(13)16(17)20/h2-7H,8-9H2,1H3,(H2,17,20). The van der Waals surface area contributed by atoms with E-state index in [0.29, 0.717) is 4.88 Å². The first-order chi connectivity index (χ1) is 11.0. The van der Waals surface area contributed by atoms with Gasteiger partial charge in [0.1, 0.15) is 5.75 Å². The summed E-state index contributed by atoms with van der Waals surface area (Å²) in [4.78, 5) is 36.2. The third-order valence-electron chi connectivity index (χ3n) is 2.88. The molecular formula is C16H15NO5S. The van der Waals surface area contributed by atoms with Crippen molar-refractivity contribution < 1.29 is 23.9 Å². The number of aryl methyl sites for hydroxylation is 1. The predicted octanol–water partition coefficient (Wildman–Crippen LogP) is 1.96. The van der Waals surface area contributed by atoms with E-state index in [2.05, 4.69) is 0 Å². The van der Waals surface area contributed by atoms with E-state index in [-0.39, 0.29) is 23.7 Å². The van der Waals surface area contributed by atoms with Gasteiger partial charge in [0.15, 0.2) is 13.2 Å². The Labute approximate surface area is 136 Å². The molecule has 0 bridgehead atoms. The summed E-state index contributed by atoms with van der Waals surface area (Å²) in [5.74, 6) is -1.44. The minimum Gasteiger partial charge on any atom is -0.481 e. The van der Waals surface area contributed by atoms with Crippen molar-refractivity contribution in [2.75, 3.05) is 13.2 Å². The average molecular weight is 333 g/mol. The zero-order valence-electron chi connectivity index (χ0n) is 12.4. The molecule has 0 saturated carbocycles. The molecule has 7 heteroatoms. The lowest BCUT2D eigenvalue weighted by molar-refractivity contribution is -0.144. The van der Waals surface area contributed by atoms with Crippen molar-refractivity contribution in [3.05, 3.63) is 51.7 Å². The average Bonchev–Trinajstić information content (AvgIpc) is 2.97. The molecule has 0 radical (unpaired) electrons. The van der Waals surface area contributed by atoms with Gasteiger partial charge < -0.3 is 15.2 Å². The van der Waals surface area contributed by atoms with E-state index in [9.17, 15) is 14.4 Å². The van der Waals surface area contributed by atoms with Crippen LogP contribution in [0.4, 0.5) is 0 Å². The highest BCUT2D eigenvalue weighted by Gasteiger charge is 2.14. The van der Waals surface area contributed by atoms with Crippen LogP contribution in [0, 0.1) is 6.92 Å². The summed E-state index contributed by atoms with van der Waals surface area (Å²) in [7, 11) is 0. The maximum absolute atomic E-state index is 11.8. The fourth-order valence-corrected chi connectivity index (χ4v) is 2.57. The van der Waals surface area contributed by atoms with Crippen molar-refractivity contribution in [1.82, 2.24) is 0 Å². The summed E-state index contributed by atoms with van der Waals surface area (Å²) in [6.07, 6.45) is 0. The summed E-state index contributed by atoms with van der Waals surface area (Å²) in [5.41, 5.74) is 5.38. The van der Waals surface area contributed by atoms with Crippen LogP contribution in [0.25, 0.3) is 0 Å². The maximum atomic E-state index is 11.8. The van der Waals surface area contributed by atoms with Gasteiger partial charge >= 0.3 is 5.97 Å². The first-order valence-electron chi connectivity index (χ1n) is 6.74. The minimum absolute atomic E-state index is 0.172. The van der Waals surface area contributed by atoms with E-state index in [1.54, 1.807) is 18.2 Å². The highest BCUT2D eigenvalue weighted by Crippen LogP contribution is 2.17. The molecule has 2 N–H and O–H groups in total. The monoisotopic (exact) mass is 333 g/mol. The first kappa shape index (κ1) is 16.7. The number of carbonyl (C=O) groups excluding carboxylic acids is 3. The lowest BCUT2D eigenvalue weighted by atomic mass is 10.2. The molecule has 0 atom stereocenters. The largest absolute Gasteiger partial charge is 0.481 e. The van der Waals surface area contributed by atoms with Crippen LogP contribution in [-0.4, -0.2) is 30.9 Å². The van der Waals surface area contributed by atoms with Gasteiger partial charge in [-0.2, -0.15) is 0 Å². The molecule has 0 unspecified atom stereocenters. The SMILES string of the molecule is Cc1ccc(C(=O)COC(=O)COc2ccccc2C(N)=O)s1. The van der Waals surface area contributed by atoms with Crippen LogP contribution >= 0.6 is 11.3 Å². The maximum Gasteiger partial charge on any atom is 0.344 e. The quantitative estimate of drug-likeness (QED) is 0.617. The Balaban J connectivity index is 1.84. The van der Waals surface area contributed by atoms with Gasteiger partial charge in [0, 0.05) is 4.88 Å². The van der Waals surface area contributed by atoms with Crippen LogP contribution < -0.4 is 10.5 Å². The Bertz CT molecular complexity index is 738. The Morgan fingerprint density at radius 3 is 2.48 bits per heavy atom. The Kier molecular flexibility index (Phi) is 5.48. The van der Waals surface area contributed by atoms with Crippen molar-refractivity contribution in [3.63, 3.8) is 0 Å². The molecule has 0 fully saturated rings. The van der Waals surface area contributed by atoms with E-state index in [1.165, 1.54) is 23.5 Å². The fraction of sp³-hybridized carbons (Fsp3) is 0.188. The molecule has 2 rings (SSSR count). The minimum atomic E-state index is -0.703. The smallest absolute Gasteiger partial charge is 0.344 e. The number of benzene rings is 1. The van der Waals surface area contributed by atoms with Gasteiger partial charge in [-0.1, -0.05) is 12.1 Å². The zero-order valence-corrected chi connectivity index (χ0v) is 13.2. The van der Waals surface area contributed by atoms with Gasteiger partial charge in [0.25, 0.3) is 5.91 Å². The van der Waals surface area contributed by atoms with Gasteiger partial charge in [-0.05, 0) is 31.2 Å². The second-order valence-electron chi connectivity index (χ2n) is 4.64. The molecule has 23 heavy (non-hydrogen) atoms. The third kappa shape index (κ3) is 4.65. The Morgan fingerprint density at radius 1 is 1.09 bits per heavy atom. The molecule has 6 nitrogen and oxygen atoms in total. The molecule has 120 valence electrons. The lowest BCUT2D eigenvalue weighted by Crippen LogP contribution is -2.20. The number of hydrogen-bond acceptors (Lipinski definition) is 6. The summed E-state index contributed by atoms with van der Waals surface area (Å²) >= 11 is 1.34. The number of esters is 1. The van der Waals surface area contributed by atoms with Gasteiger partial charge in [0.2, 0.25) is 5.78 Å². The molecule has 0 spiro atoms. The number of thiophene rings is 1. The summed E-state index contributed by atoms with van der Waals surface area (Å²) in [6.45, 7) is 1.12. The molecule has 0 aliphatic rings. The summed E-state index contributed by atoms with van der Waals surface area (Å²) in [5, 5.41) is 0. The van der Waals surface area contributed by atoms with E-state index < -0.39 is 18.5 Å². The number of Topliss-reactive ketones (excluding diaryl/α,β-unsaturated/α-hetero) is 1. The van der Waals surface area contributed by atoms with E-state index in [0.717, 1.165) is 4.88 Å². The molecule has 0 aliphatic heterocycles. The first-order valence-corrected chi connectivity index (χ1v) is 7.56. The summed E-state index contributed by atoms with van der Waals surface area (Å²) < 4.78 is 10.1. The third-order valence-corrected chi connectivity index (χ3v) is 3.92. The molecule has 1 heterocycles. The second-order valence-corrected chi connectivity index (χ2v) is 5.93. The van der Waals surface area contributed by atoms with Crippen LogP contribution in [0.2, 0.25) is 0 Å². The van der Waals surface area contributed by atoms with Crippen molar-refractivity contribution >= 4 is 29.0 Å². The Morgan fingerprint density at radius 2 is 1.83 bits per heavy atom. The van der Waals surface area contributed by atoms with Crippen LogP contribution in [0.3, 0.4) is 0 Å². The zero-order chi connectivity index (χ0) is 16.8. The van der Waals surface area contributed by atoms with Crippen LogP contribution in [0.5, 0.6) is 5.75 Å². The second kappa shape index (κ2) is 7.55. The molecule has 1 amide bonds. The van der Waals surface area contributed by atoms with E-state index in [1.807, 2.05) is 13.0 Å². The number of rotatable bonds is 7. The number of ether oxygens (including phenoxy) is 2. The number of nitrogens with two attached hydrogens (primary N) is 1. The van der Waals surface area contributed by atoms with Gasteiger partial charge in [-0.15, -0.1) is 11.3 Å². The van der Waals surface area contributed by atoms with Gasteiger partial charge in [-0.3, -0.25) is 9.59 Å². The van der Waals surface area contributed by atoms with Crippen LogP contribution in [-0.2, 0) is 9.53 Å². The van der Waals surface area contributed by atoms with Crippen molar-refractivity contribution in [2.45, 2.75) is 6.92 Å².